The number of halogens is 1. The van der Waals surface area contributed by atoms with Crippen molar-refractivity contribution in [2.24, 2.45) is 0 Å². The lowest BCUT2D eigenvalue weighted by molar-refractivity contribution is 0.0364. The lowest BCUT2D eigenvalue weighted by atomic mass is 10.0. The molecule has 7 heteroatoms. The molecule has 0 fully saturated rings. The molecule has 0 bridgehead atoms. The van der Waals surface area contributed by atoms with Gasteiger partial charge >= 0.3 is 6.03 Å². The number of furan rings is 1. The molecule has 2 aromatic rings. The molecule has 118 valence electrons. The summed E-state index contributed by atoms with van der Waals surface area (Å²) in [4.78, 5) is 15.8. The van der Waals surface area contributed by atoms with Crippen LogP contribution >= 0.6 is 11.6 Å². The molecule has 0 aliphatic heterocycles. The van der Waals surface area contributed by atoms with Gasteiger partial charge in [0.2, 0.25) is 0 Å². The highest BCUT2D eigenvalue weighted by atomic mass is 35.5. The van der Waals surface area contributed by atoms with E-state index in [9.17, 15) is 9.90 Å². The molecule has 0 radical (unpaired) electrons. The highest BCUT2D eigenvalue weighted by molar-refractivity contribution is 6.30. The van der Waals surface area contributed by atoms with Crippen LogP contribution in [0.1, 0.15) is 24.0 Å². The number of amides is 2. The first kappa shape index (κ1) is 16.3. The smallest absolute Gasteiger partial charge is 0.319 e. The summed E-state index contributed by atoms with van der Waals surface area (Å²) < 4.78 is 5.38. The van der Waals surface area contributed by atoms with E-state index in [1.807, 2.05) is 0 Å². The summed E-state index contributed by atoms with van der Waals surface area (Å²) in [6, 6.07) is 4.70. The minimum Gasteiger partial charge on any atom is -0.463 e. The highest BCUT2D eigenvalue weighted by Gasteiger charge is 2.27. The van der Waals surface area contributed by atoms with Gasteiger partial charge in [-0.05, 0) is 44.5 Å². The summed E-state index contributed by atoms with van der Waals surface area (Å²) in [7, 11) is 0. The molecule has 1 unspecified atom stereocenters. The van der Waals surface area contributed by atoms with Crippen molar-refractivity contribution in [1.82, 2.24) is 10.3 Å². The van der Waals surface area contributed by atoms with Gasteiger partial charge in [0, 0.05) is 0 Å². The molecule has 0 aliphatic rings. The van der Waals surface area contributed by atoms with Gasteiger partial charge in [-0.2, -0.15) is 0 Å². The Morgan fingerprint density at radius 1 is 1.45 bits per heavy atom. The molecule has 22 heavy (non-hydrogen) atoms. The Kier molecular flexibility index (Phi) is 4.73. The predicted molar refractivity (Wildman–Crippen MR) is 84.0 cm³/mol. The lowest BCUT2D eigenvalue weighted by Gasteiger charge is -2.21. The van der Waals surface area contributed by atoms with Crippen LogP contribution in [0.5, 0.6) is 0 Å². The van der Waals surface area contributed by atoms with Gasteiger partial charge in [0.1, 0.15) is 22.3 Å². The molecule has 2 aromatic heterocycles. The van der Waals surface area contributed by atoms with Crippen molar-refractivity contribution in [2.45, 2.75) is 26.4 Å². The number of anilines is 1. The minimum absolute atomic E-state index is 0.00574. The third-order valence-electron chi connectivity index (χ3n) is 3.14. The summed E-state index contributed by atoms with van der Waals surface area (Å²) in [5.74, 6) is 1.09. The second-order valence-corrected chi connectivity index (χ2v) is 5.68. The first-order valence-corrected chi connectivity index (χ1v) is 7.12. The molecular weight excluding hydrogens is 306 g/mol. The van der Waals surface area contributed by atoms with E-state index in [0.29, 0.717) is 22.4 Å². The summed E-state index contributed by atoms with van der Waals surface area (Å²) in [5.41, 5.74) is -0.00912. The average Bonchev–Trinajstić information content (AvgIpc) is 2.88. The number of carbonyl (C=O) groups is 1. The number of rotatable bonds is 4. The molecule has 6 nitrogen and oxygen atoms in total. The summed E-state index contributed by atoms with van der Waals surface area (Å²) >= 11 is 5.83. The molecule has 1 atom stereocenters. The zero-order valence-corrected chi connectivity index (χ0v) is 13.4. The van der Waals surface area contributed by atoms with Crippen LogP contribution in [0.2, 0.25) is 5.15 Å². The fourth-order valence-corrected chi connectivity index (χ4v) is 1.97. The van der Waals surface area contributed by atoms with Gasteiger partial charge in [0.25, 0.3) is 0 Å². The van der Waals surface area contributed by atoms with Crippen molar-refractivity contribution in [3.05, 3.63) is 46.6 Å². The van der Waals surface area contributed by atoms with E-state index < -0.39 is 11.6 Å². The van der Waals surface area contributed by atoms with Crippen LogP contribution in [0.25, 0.3) is 0 Å². The van der Waals surface area contributed by atoms with Crippen LogP contribution in [0.3, 0.4) is 0 Å². The number of hydrogen-bond donors (Lipinski definition) is 3. The number of nitrogens with one attached hydrogen (secondary N) is 2. The van der Waals surface area contributed by atoms with E-state index in [4.69, 9.17) is 16.0 Å². The Labute approximate surface area is 133 Å². The summed E-state index contributed by atoms with van der Waals surface area (Å²) in [6.45, 7) is 5.16. The number of carbonyl (C=O) groups excluding carboxylic acids is 1. The van der Waals surface area contributed by atoms with E-state index >= 15 is 0 Å². The number of pyridine rings is 1. The number of nitrogens with zero attached hydrogens (tertiary/aromatic N) is 1. The Bertz CT molecular complexity index is 682. The number of aromatic nitrogens is 1. The van der Waals surface area contributed by atoms with Crippen molar-refractivity contribution in [3.8, 4) is 0 Å². The minimum atomic E-state index is -1.29. The third-order valence-corrected chi connectivity index (χ3v) is 3.53. The van der Waals surface area contributed by atoms with Gasteiger partial charge in [-0.15, -0.1) is 0 Å². The molecule has 0 aliphatic carbocycles. The number of urea groups is 1. The Hall–Kier alpha value is -2.05. The van der Waals surface area contributed by atoms with Gasteiger partial charge in [-0.1, -0.05) is 11.6 Å². The molecule has 3 N–H and O–H groups in total. The van der Waals surface area contributed by atoms with Gasteiger partial charge < -0.3 is 20.2 Å². The quantitative estimate of drug-likeness (QED) is 0.755. The average molecular weight is 324 g/mol. The molecule has 0 aromatic carbocycles. The number of aryl methyl sites for hydroxylation is 2. The van der Waals surface area contributed by atoms with Crippen LogP contribution in [0.4, 0.5) is 10.5 Å². The van der Waals surface area contributed by atoms with Crippen LogP contribution < -0.4 is 10.6 Å². The van der Waals surface area contributed by atoms with Crippen LogP contribution in [0.15, 0.2) is 28.8 Å². The first-order chi connectivity index (χ1) is 10.3. The standard InChI is InChI=1S/C15H18ClN3O3/c1-9-6-11(7-17-13(9)16)19-14(20)18-8-15(3,21)12-5-4-10(2)22-12/h4-7,21H,8H2,1-3H3,(H2,18,19,20). The number of hydrogen-bond acceptors (Lipinski definition) is 4. The molecule has 0 saturated carbocycles. The maximum absolute atomic E-state index is 11.9. The number of aliphatic hydroxyl groups is 1. The molecule has 2 rings (SSSR count). The second kappa shape index (κ2) is 6.37. The van der Waals surface area contributed by atoms with E-state index in [1.165, 1.54) is 6.20 Å². The van der Waals surface area contributed by atoms with E-state index in [1.54, 1.807) is 39.0 Å². The first-order valence-electron chi connectivity index (χ1n) is 6.74. The molecular formula is C15H18ClN3O3. The molecule has 2 heterocycles. The maximum atomic E-state index is 11.9. The van der Waals surface area contributed by atoms with Crippen LogP contribution in [0, 0.1) is 13.8 Å². The predicted octanol–water partition coefficient (Wildman–Crippen LogP) is 2.97. The Morgan fingerprint density at radius 3 is 2.77 bits per heavy atom. The second-order valence-electron chi connectivity index (χ2n) is 5.32. The topological polar surface area (TPSA) is 87.4 Å². The van der Waals surface area contributed by atoms with Crippen molar-refractivity contribution in [3.63, 3.8) is 0 Å². The SMILES string of the molecule is Cc1ccc(C(C)(O)CNC(=O)Nc2cnc(Cl)c(C)c2)o1. The molecule has 2 amide bonds. The van der Waals surface area contributed by atoms with Crippen molar-refractivity contribution >= 4 is 23.3 Å². The lowest BCUT2D eigenvalue weighted by Crippen LogP contribution is -2.40. The monoisotopic (exact) mass is 323 g/mol. The zero-order valence-electron chi connectivity index (χ0n) is 12.6. The molecule has 0 saturated heterocycles. The fraction of sp³-hybridized carbons (Fsp3) is 0.333. The fourth-order valence-electron chi connectivity index (χ4n) is 1.87. The third kappa shape index (κ3) is 3.99. The summed E-state index contributed by atoms with van der Waals surface area (Å²) in [6.07, 6.45) is 1.46. The van der Waals surface area contributed by atoms with E-state index in [-0.39, 0.29) is 6.54 Å². The molecule has 0 spiro atoms. The van der Waals surface area contributed by atoms with Crippen LogP contribution in [-0.4, -0.2) is 22.7 Å². The van der Waals surface area contributed by atoms with Crippen molar-refractivity contribution in [1.29, 1.82) is 0 Å². The largest absolute Gasteiger partial charge is 0.463 e. The van der Waals surface area contributed by atoms with Gasteiger partial charge in [-0.25, -0.2) is 9.78 Å². The van der Waals surface area contributed by atoms with E-state index in [2.05, 4.69) is 15.6 Å². The maximum Gasteiger partial charge on any atom is 0.319 e. The zero-order chi connectivity index (χ0) is 16.3. The summed E-state index contributed by atoms with van der Waals surface area (Å²) in [5, 5.41) is 15.9. The Balaban J connectivity index is 1.93. The van der Waals surface area contributed by atoms with Crippen molar-refractivity contribution in [2.75, 3.05) is 11.9 Å². The van der Waals surface area contributed by atoms with Crippen LogP contribution in [-0.2, 0) is 5.60 Å². The van der Waals surface area contributed by atoms with Crippen molar-refractivity contribution < 1.29 is 14.3 Å². The van der Waals surface area contributed by atoms with Gasteiger partial charge in [0.15, 0.2) is 0 Å². The highest BCUT2D eigenvalue weighted by Crippen LogP contribution is 2.22. The normalized spacial score (nSPS) is 13.5. The van der Waals surface area contributed by atoms with E-state index in [0.717, 1.165) is 5.56 Å². The van der Waals surface area contributed by atoms with Gasteiger partial charge in [-0.3, -0.25) is 0 Å². The van der Waals surface area contributed by atoms with Gasteiger partial charge in [0.05, 0.1) is 18.4 Å². The Morgan fingerprint density at radius 2 is 2.18 bits per heavy atom.